The van der Waals surface area contributed by atoms with E-state index >= 15 is 0 Å². The number of benzene rings is 2. The number of amides is 1. The molecule has 0 aliphatic carbocycles. The van der Waals surface area contributed by atoms with Crippen LogP contribution in [0.3, 0.4) is 0 Å². The Hall–Kier alpha value is -1.71. The molecule has 2 aromatic rings. The molecule has 26 heavy (non-hydrogen) atoms. The highest BCUT2D eigenvalue weighted by atomic mass is 35.5. The molecule has 3 rings (SSSR count). The van der Waals surface area contributed by atoms with E-state index in [-0.39, 0.29) is 5.91 Å². The third kappa shape index (κ3) is 4.72. The summed E-state index contributed by atoms with van der Waals surface area (Å²) in [5.41, 5.74) is 3.71. The molecule has 0 radical (unpaired) electrons. The van der Waals surface area contributed by atoms with Crippen LogP contribution in [-0.4, -0.2) is 25.0 Å². The lowest BCUT2D eigenvalue weighted by atomic mass is 10.1. The van der Waals surface area contributed by atoms with Crippen molar-refractivity contribution >= 4 is 34.8 Å². The predicted molar refractivity (Wildman–Crippen MR) is 109 cm³/mol. The van der Waals surface area contributed by atoms with Crippen molar-refractivity contribution in [2.45, 2.75) is 38.6 Å². The summed E-state index contributed by atoms with van der Waals surface area (Å²) in [5, 5.41) is 4.24. The van der Waals surface area contributed by atoms with Crippen LogP contribution in [0.5, 0.6) is 0 Å². The number of nitrogens with zero attached hydrogens (tertiary/aromatic N) is 1. The van der Waals surface area contributed by atoms with E-state index in [0.717, 1.165) is 24.9 Å². The fourth-order valence-electron chi connectivity index (χ4n) is 3.51. The van der Waals surface area contributed by atoms with Crippen molar-refractivity contribution < 1.29 is 4.79 Å². The second kappa shape index (κ2) is 8.79. The first-order chi connectivity index (χ1) is 12.5. The van der Waals surface area contributed by atoms with Crippen LogP contribution in [0.25, 0.3) is 0 Å². The molecule has 0 spiro atoms. The molecule has 3 nitrogen and oxygen atoms in total. The van der Waals surface area contributed by atoms with Crippen LogP contribution in [0.4, 0.5) is 5.69 Å². The average Bonchev–Trinajstić information content (AvgIpc) is 2.93. The zero-order valence-corrected chi connectivity index (χ0v) is 16.5. The minimum Gasteiger partial charge on any atom is -0.368 e. The van der Waals surface area contributed by atoms with Crippen LogP contribution in [0, 0.1) is 0 Å². The first kappa shape index (κ1) is 19.1. The van der Waals surface area contributed by atoms with Crippen molar-refractivity contribution in [2.24, 2.45) is 0 Å². The van der Waals surface area contributed by atoms with Gasteiger partial charge in [0.1, 0.15) is 0 Å². The Morgan fingerprint density at radius 2 is 2.04 bits per heavy atom. The molecule has 0 fully saturated rings. The number of carbonyl (C=O) groups excluding carboxylic acids is 1. The predicted octanol–water partition coefficient (Wildman–Crippen LogP) is 4.88. The lowest BCUT2D eigenvalue weighted by molar-refractivity contribution is -0.121. The van der Waals surface area contributed by atoms with Gasteiger partial charge in [-0.2, -0.15) is 0 Å². The molecule has 1 atom stereocenters. The lowest BCUT2D eigenvalue weighted by Crippen LogP contribution is -2.33. The van der Waals surface area contributed by atoms with Gasteiger partial charge in [-0.15, -0.1) is 0 Å². The SMILES string of the molecule is CC1Cc2ccccc2N1CCCNC(=O)CCc1ccc(Cl)cc1Cl. The lowest BCUT2D eigenvalue weighted by Gasteiger charge is -2.24. The fraction of sp³-hybridized carbons (Fsp3) is 0.381. The number of carbonyl (C=O) groups is 1. The van der Waals surface area contributed by atoms with E-state index in [0.29, 0.717) is 35.5 Å². The second-order valence-electron chi connectivity index (χ2n) is 6.81. The van der Waals surface area contributed by atoms with Crippen LogP contribution in [0.2, 0.25) is 10.0 Å². The van der Waals surface area contributed by atoms with E-state index in [1.54, 1.807) is 12.1 Å². The molecular formula is C21H24Cl2N2O. The van der Waals surface area contributed by atoms with Crippen molar-refractivity contribution in [2.75, 3.05) is 18.0 Å². The highest BCUT2D eigenvalue weighted by Gasteiger charge is 2.24. The summed E-state index contributed by atoms with van der Waals surface area (Å²) in [7, 11) is 0. The van der Waals surface area contributed by atoms with E-state index in [1.807, 2.05) is 6.07 Å². The molecule has 0 saturated heterocycles. The molecule has 5 heteroatoms. The Morgan fingerprint density at radius 3 is 2.85 bits per heavy atom. The number of halogens is 2. The molecule has 2 aromatic carbocycles. The van der Waals surface area contributed by atoms with E-state index in [1.165, 1.54) is 11.3 Å². The topological polar surface area (TPSA) is 32.3 Å². The van der Waals surface area contributed by atoms with Gasteiger partial charge in [0.05, 0.1) is 0 Å². The molecule has 0 aromatic heterocycles. The molecule has 1 aliphatic rings. The number of para-hydroxylation sites is 1. The molecule has 1 amide bonds. The highest BCUT2D eigenvalue weighted by Crippen LogP contribution is 2.31. The molecule has 1 unspecified atom stereocenters. The standard InChI is InChI=1S/C21H24Cl2N2O/c1-15-13-17-5-2-3-6-20(17)25(15)12-4-11-24-21(26)10-8-16-7-9-18(22)14-19(16)23/h2-3,5-7,9,14-15H,4,8,10-13H2,1H3,(H,24,26). The van der Waals surface area contributed by atoms with Gasteiger partial charge in [0.25, 0.3) is 0 Å². The average molecular weight is 391 g/mol. The summed E-state index contributed by atoms with van der Waals surface area (Å²) in [4.78, 5) is 14.5. The zero-order chi connectivity index (χ0) is 18.5. The molecule has 1 N–H and O–H groups in total. The third-order valence-corrected chi connectivity index (χ3v) is 5.47. The van der Waals surface area contributed by atoms with E-state index in [2.05, 4.69) is 41.4 Å². The van der Waals surface area contributed by atoms with Gasteiger partial charge in [0.2, 0.25) is 5.91 Å². The Morgan fingerprint density at radius 1 is 1.23 bits per heavy atom. The maximum absolute atomic E-state index is 12.1. The summed E-state index contributed by atoms with van der Waals surface area (Å²) >= 11 is 12.0. The number of rotatable bonds is 7. The van der Waals surface area contributed by atoms with E-state index in [9.17, 15) is 4.79 Å². The normalized spacial score (nSPS) is 15.8. The number of aryl methyl sites for hydroxylation is 1. The molecule has 138 valence electrons. The monoisotopic (exact) mass is 390 g/mol. The van der Waals surface area contributed by atoms with Crippen LogP contribution in [0.1, 0.15) is 30.9 Å². The summed E-state index contributed by atoms with van der Waals surface area (Å²) in [6.45, 7) is 3.91. The van der Waals surface area contributed by atoms with Crippen molar-refractivity contribution in [1.82, 2.24) is 5.32 Å². The quantitative estimate of drug-likeness (QED) is 0.682. The van der Waals surface area contributed by atoms with Gasteiger partial charge in [0.15, 0.2) is 0 Å². The summed E-state index contributed by atoms with van der Waals surface area (Å²) in [5.74, 6) is 0.0610. The van der Waals surface area contributed by atoms with Gasteiger partial charge in [-0.1, -0.05) is 47.5 Å². The fourth-order valence-corrected chi connectivity index (χ4v) is 4.01. The van der Waals surface area contributed by atoms with Gasteiger partial charge in [0, 0.05) is 41.3 Å². The van der Waals surface area contributed by atoms with Crippen molar-refractivity contribution in [3.05, 3.63) is 63.6 Å². The van der Waals surface area contributed by atoms with Crippen LogP contribution in [0.15, 0.2) is 42.5 Å². The summed E-state index contributed by atoms with van der Waals surface area (Å²) in [6.07, 6.45) is 3.10. The molecule has 0 saturated carbocycles. The van der Waals surface area contributed by atoms with Gasteiger partial charge >= 0.3 is 0 Å². The van der Waals surface area contributed by atoms with Crippen LogP contribution in [-0.2, 0) is 17.6 Å². The molecule has 1 aliphatic heterocycles. The van der Waals surface area contributed by atoms with Crippen LogP contribution >= 0.6 is 23.2 Å². The van der Waals surface area contributed by atoms with Gasteiger partial charge in [-0.25, -0.2) is 0 Å². The maximum atomic E-state index is 12.1. The van der Waals surface area contributed by atoms with Gasteiger partial charge in [-0.3, -0.25) is 4.79 Å². The highest BCUT2D eigenvalue weighted by molar-refractivity contribution is 6.35. The second-order valence-corrected chi connectivity index (χ2v) is 7.66. The Balaban J connectivity index is 1.39. The van der Waals surface area contributed by atoms with E-state index < -0.39 is 0 Å². The third-order valence-electron chi connectivity index (χ3n) is 4.88. The number of anilines is 1. The molecular weight excluding hydrogens is 367 g/mol. The summed E-state index contributed by atoms with van der Waals surface area (Å²) in [6, 6.07) is 14.5. The van der Waals surface area contributed by atoms with Crippen molar-refractivity contribution in [3.8, 4) is 0 Å². The Kier molecular flexibility index (Phi) is 6.44. The Labute approximate surface area is 165 Å². The first-order valence-electron chi connectivity index (χ1n) is 9.10. The minimum atomic E-state index is 0.0610. The zero-order valence-electron chi connectivity index (χ0n) is 15.0. The molecule has 1 heterocycles. The van der Waals surface area contributed by atoms with Crippen LogP contribution < -0.4 is 10.2 Å². The number of hydrogen-bond acceptors (Lipinski definition) is 2. The van der Waals surface area contributed by atoms with E-state index in [4.69, 9.17) is 23.2 Å². The maximum Gasteiger partial charge on any atom is 0.220 e. The van der Waals surface area contributed by atoms with Crippen molar-refractivity contribution in [1.29, 1.82) is 0 Å². The first-order valence-corrected chi connectivity index (χ1v) is 9.85. The molecule has 0 bridgehead atoms. The summed E-state index contributed by atoms with van der Waals surface area (Å²) < 4.78 is 0. The Bertz CT molecular complexity index is 778. The number of fused-ring (bicyclic) bond motifs is 1. The largest absolute Gasteiger partial charge is 0.368 e. The number of hydrogen-bond donors (Lipinski definition) is 1. The van der Waals surface area contributed by atoms with Crippen molar-refractivity contribution in [3.63, 3.8) is 0 Å². The number of nitrogens with one attached hydrogen (secondary N) is 1. The van der Waals surface area contributed by atoms with Gasteiger partial charge < -0.3 is 10.2 Å². The minimum absolute atomic E-state index is 0.0610. The smallest absolute Gasteiger partial charge is 0.220 e. The van der Waals surface area contributed by atoms with Gasteiger partial charge in [-0.05, 0) is 55.5 Å².